The van der Waals surface area contributed by atoms with Crippen molar-refractivity contribution in [2.75, 3.05) is 0 Å². The molecular weight excluding hydrogens is 132 g/mol. The summed E-state index contributed by atoms with van der Waals surface area (Å²) in [7, 11) is 0. The van der Waals surface area contributed by atoms with Crippen molar-refractivity contribution in [1.82, 2.24) is 0 Å². The van der Waals surface area contributed by atoms with Gasteiger partial charge in [0.25, 0.3) is 0 Å². The number of hydrogen-bond donors (Lipinski definition) is 0. The lowest BCUT2D eigenvalue weighted by Gasteiger charge is -2.17. The van der Waals surface area contributed by atoms with Crippen molar-refractivity contribution >= 4 is 0 Å². The van der Waals surface area contributed by atoms with E-state index in [1.807, 2.05) is 0 Å². The summed E-state index contributed by atoms with van der Waals surface area (Å²) in [6.07, 6.45) is 8.36. The van der Waals surface area contributed by atoms with Crippen LogP contribution in [0.25, 0.3) is 0 Å². The molecule has 0 aromatic heterocycles. The van der Waals surface area contributed by atoms with E-state index in [-0.39, 0.29) is 0 Å². The van der Waals surface area contributed by atoms with Gasteiger partial charge in [0.05, 0.1) is 0 Å². The molecule has 1 unspecified atom stereocenters. The standard InChI is InChI=1S/C11H22/c1-5-7-8-9-11(6-2)10(3)4/h5,7,10-11H,6,8-9H2,1-4H3. The quantitative estimate of drug-likeness (QED) is 0.524. The van der Waals surface area contributed by atoms with Gasteiger partial charge in [-0.15, -0.1) is 0 Å². The summed E-state index contributed by atoms with van der Waals surface area (Å²) in [5.74, 6) is 1.77. The van der Waals surface area contributed by atoms with E-state index in [9.17, 15) is 0 Å². The molecule has 66 valence electrons. The van der Waals surface area contributed by atoms with Gasteiger partial charge in [0.1, 0.15) is 0 Å². The third kappa shape index (κ3) is 5.06. The molecule has 0 saturated heterocycles. The average Bonchev–Trinajstić information content (AvgIpc) is 1.97. The zero-order valence-electron chi connectivity index (χ0n) is 8.43. The molecule has 0 spiro atoms. The molecule has 0 heteroatoms. The Morgan fingerprint density at radius 2 is 1.91 bits per heavy atom. The zero-order valence-corrected chi connectivity index (χ0v) is 8.43. The molecule has 0 radical (unpaired) electrons. The minimum absolute atomic E-state index is 0.852. The summed E-state index contributed by atoms with van der Waals surface area (Å²) in [5, 5.41) is 0. The highest BCUT2D eigenvalue weighted by molar-refractivity contribution is 4.78. The van der Waals surface area contributed by atoms with E-state index in [2.05, 4.69) is 39.8 Å². The van der Waals surface area contributed by atoms with Gasteiger partial charge in [-0.1, -0.05) is 39.3 Å². The Morgan fingerprint density at radius 3 is 2.27 bits per heavy atom. The third-order valence-electron chi connectivity index (χ3n) is 2.41. The first kappa shape index (κ1) is 10.7. The van der Waals surface area contributed by atoms with Crippen molar-refractivity contribution < 1.29 is 0 Å². The molecular formula is C11H22. The minimum atomic E-state index is 0.852. The molecule has 0 fully saturated rings. The van der Waals surface area contributed by atoms with Gasteiger partial charge in [0, 0.05) is 0 Å². The average molecular weight is 154 g/mol. The SMILES string of the molecule is CC=CCCC(CC)C(C)C. The fraction of sp³-hybridized carbons (Fsp3) is 0.818. The second-order valence-corrected chi connectivity index (χ2v) is 3.56. The van der Waals surface area contributed by atoms with Crippen LogP contribution in [0.3, 0.4) is 0 Å². The molecule has 1 atom stereocenters. The summed E-state index contributed by atoms with van der Waals surface area (Å²) in [6, 6.07) is 0. The maximum Gasteiger partial charge on any atom is -0.0348 e. The van der Waals surface area contributed by atoms with Crippen molar-refractivity contribution in [2.24, 2.45) is 11.8 Å². The Hall–Kier alpha value is -0.260. The second-order valence-electron chi connectivity index (χ2n) is 3.56. The van der Waals surface area contributed by atoms with E-state index < -0.39 is 0 Å². The molecule has 0 aliphatic rings. The van der Waals surface area contributed by atoms with Crippen LogP contribution >= 0.6 is 0 Å². The predicted molar refractivity (Wildman–Crippen MR) is 52.7 cm³/mol. The molecule has 0 N–H and O–H groups in total. The van der Waals surface area contributed by atoms with Crippen molar-refractivity contribution in [3.8, 4) is 0 Å². The van der Waals surface area contributed by atoms with Crippen LogP contribution in [0.2, 0.25) is 0 Å². The van der Waals surface area contributed by atoms with Crippen molar-refractivity contribution in [1.29, 1.82) is 0 Å². The predicted octanol–water partition coefficient (Wildman–Crippen LogP) is 4.02. The Labute approximate surface area is 71.7 Å². The van der Waals surface area contributed by atoms with Gasteiger partial charge >= 0.3 is 0 Å². The highest BCUT2D eigenvalue weighted by atomic mass is 14.1. The molecule has 0 rings (SSSR count). The number of hydrogen-bond acceptors (Lipinski definition) is 0. The maximum absolute atomic E-state index is 2.32. The Bertz CT molecular complexity index is 101. The summed E-state index contributed by atoms with van der Waals surface area (Å²) >= 11 is 0. The third-order valence-corrected chi connectivity index (χ3v) is 2.41. The van der Waals surface area contributed by atoms with Gasteiger partial charge in [-0.2, -0.15) is 0 Å². The van der Waals surface area contributed by atoms with E-state index in [0.717, 1.165) is 11.8 Å². The summed E-state index contributed by atoms with van der Waals surface area (Å²) in [6.45, 7) is 9.03. The fourth-order valence-corrected chi connectivity index (χ4v) is 1.49. The lowest BCUT2D eigenvalue weighted by molar-refractivity contribution is 0.351. The first-order valence-electron chi connectivity index (χ1n) is 4.83. The zero-order chi connectivity index (χ0) is 8.69. The molecule has 0 aromatic rings. The maximum atomic E-state index is 2.32. The van der Waals surface area contributed by atoms with Crippen LogP contribution in [-0.4, -0.2) is 0 Å². The van der Waals surface area contributed by atoms with E-state index in [0.29, 0.717) is 0 Å². The molecule has 0 aromatic carbocycles. The van der Waals surface area contributed by atoms with Gasteiger partial charge < -0.3 is 0 Å². The van der Waals surface area contributed by atoms with Crippen molar-refractivity contribution in [3.63, 3.8) is 0 Å². The van der Waals surface area contributed by atoms with E-state index in [1.165, 1.54) is 19.3 Å². The van der Waals surface area contributed by atoms with Crippen molar-refractivity contribution in [3.05, 3.63) is 12.2 Å². The highest BCUT2D eigenvalue weighted by Gasteiger charge is 2.08. The first-order valence-corrected chi connectivity index (χ1v) is 4.83. The van der Waals surface area contributed by atoms with Crippen LogP contribution in [0.5, 0.6) is 0 Å². The topological polar surface area (TPSA) is 0 Å². The van der Waals surface area contributed by atoms with Crippen LogP contribution in [0.1, 0.15) is 47.0 Å². The first-order chi connectivity index (χ1) is 5.22. The van der Waals surface area contributed by atoms with Gasteiger partial charge in [0.2, 0.25) is 0 Å². The molecule has 11 heavy (non-hydrogen) atoms. The van der Waals surface area contributed by atoms with Crippen LogP contribution in [0.15, 0.2) is 12.2 Å². The normalized spacial score (nSPS) is 14.6. The molecule has 0 aliphatic heterocycles. The van der Waals surface area contributed by atoms with Gasteiger partial charge in [-0.05, 0) is 31.6 Å². The molecule has 0 amide bonds. The van der Waals surface area contributed by atoms with Gasteiger partial charge in [0.15, 0.2) is 0 Å². The lowest BCUT2D eigenvalue weighted by atomic mass is 9.89. The Kier molecular flexibility index (Phi) is 6.30. The van der Waals surface area contributed by atoms with Gasteiger partial charge in [-0.25, -0.2) is 0 Å². The number of allylic oxidation sites excluding steroid dienone is 2. The van der Waals surface area contributed by atoms with E-state index in [1.54, 1.807) is 0 Å². The fourth-order valence-electron chi connectivity index (χ4n) is 1.49. The molecule has 0 aliphatic carbocycles. The summed E-state index contributed by atoms with van der Waals surface area (Å²) in [5.41, 5.74) is 0. The minimum Gasteiger partial charge on any atom is -0.0917 e. The molecule has 0 nitrogen and oxygen atoms in total. The van der Waals surface area contributed by atoms with Crippen LogP contribution in [0, 0.1) is 11.8 Å². The molecule has 0 bridgehead atoms. The monoisotopic (exact) mass is 154 g/mol. The Morgan fingerprint density at radius 1 is 1.27 bits per heavy atom. The number of rotatable bonds is 5. The van der Waals surface area contributed by atoms with E-state index >= 15 is 0 Å². The van der Waals surface area contributed by atoms with Crippen molar-refractivity contribution in [2.45, 2.75) is 47.0 Å². The van der Waals surface area contributed by atoms with Gasteiger partial charge in [-0.3, -0.25) is 0 Å². The van der Waals surface area contributed by atoms with Crippen LogP contribution in [-0.2, 0) is 0 Å². The summed E-state index contributed by atoms with van der Waals surface area (Å²) in [4.78, 5) is 0. The molecule has 0 heterocycles. The largest absolute Gasteiger partial charge is 0.0917 e. The van der Waals surface area contributed by atoms with E-state index in [4.69, 9.17) is 0 Å². The Balaban J connectivity index is 3.52. The van der Waals surface area contributed by atoms with Crippen LogP contribution in [0.4, 0.5) is 0 Å². The smallest absolute Gasteiger partial charge is 0.0348 e. The van der Waals surface area contributed by atoms with Crippen LogP contribution < -0.4 is 0 Å². The second kappa shape index (κ2) is 6.45. The highest BCUT2D eigenvalue weighted by Crippen LogP contribution is 2.20. The molecule has 0 saturated carbocycles. The summed E-state index contributed by atoms with van der Waals surface area (Å²) < 4.78 is 0. The lowest BCUT2D eigenvalue weighted by Crippen LogP contribution is -2.06.